The molecule has 2 aromatic carbocycles. The molecule has 0 aliphatic carbocycles. The molecule has 0 N–H and O–H groups in total. The maximum absolute atomic E-state index is 5.94. The number of rotatable bonds is 2. The van der Waals surface area contributed by atoms with E-state index < -0.39 is 0 Å². The van der Waals surface area contributed by atoms with Crippen molar-refractivity contribution in [1.29, 1.82) is 0 Å². The zero-order valence-corrected chi connectivity index (χ0v) is 10.5. The molecule has 0 nitrogen and oxygen atoms in total. The van der Waals surface area contributed by atoms with Crippen LogP contribution in [0, 0.1) is 6.92 Å². The molecule has 0 atom stereocenters. The van der Waals surface area contributed by atoms with Crippen LogP contribution in [0.15, 0.2) is 42.5 Å². The largest absolute Gasteiger partial charge is 0.122 e. The second kappa shape index (κ2) is 4.90. The van der Waals surface area contributed by atoms with E-state index in [2.05, 4.69) is 25.1 Å². The predicted molar refractivity (Wildman–Crippen MR) is 71.2 cm³/mol. The second-order valence-corrected chi connectivity index (χ2v) is 4.50. The lowest BCUT2D eigenvalue weighted by molar-refractivity contribution is 1.35. The highest BCUT2D eigenvalue weighted by Gasteiger charge is 2.04. The lowest BCUT2D eigenvalue weighted by atomic mass is 9.98. The quantitative estimate of drug-likeness (QED) is 0.655. The van der Waals surface area contributed by atoms with Crippen molar-refractivity contribution in [3.8, 4) is 11.1 Å². The van der Waals surface area contributed by atoms with Gasteiger partial charge in [0.05, 0.1) is 0 Å². The zero-order valence-electron chi connectivity index (χ0n) is 9.00. The number of halogens is 2. The molecule has 0 aliphatic heterocycles. The number of hydrogen-bond donors (Lipinski definition) is 0. The summed E-state index contributed by atoms with van der Waals surface area (Å²) >= 11 is 11.8. The van der Waals surface area contributed by atoms with Crippen molar-refractivity contribution in [2.45, 2.75) is 12.8 Å². The van der Waals surface area contributed by atoms with Gasteiger partial charge in [0.25, 0.3) is 0 Å². The molecular formula is C14H12Cl2. The molecular weight excluding hydrogens is 239 g/mol. The Morgan fingerprint density at radius 2 is 1.69 bits per heavy atom. The minimum absolute atomic E-state index is 0.526. The Hall–Kier alpha value is -0.980. The average Bonchev–Trinajstić information content (AvgIpc) is 2.30. The van der Waals surface area contributed by atoms with Crippen LogP contribution in [-0.4, -0.2) is 0 Å². The fraction of sp³-hybridized carbons (Fsp3) is 0.143. The molecule has 0 saturated heterocycles. The summed E-state index contributed by atoms with van der Waals surface area (Å²) in [4.78, 5) is 0. The molecule has 0 aliphatic rings. The molecule has 0 amide bonds. The van der Waals surface area contributed by atoms with E-state index in [0.29, 0.717) is 5.88 Å². The van der Waals surface area contributed by atoms with Gasteiger partial charge >= 0.3 is 0 Å². The molecule has 2 rings (SSSR count). The average molecular weight is 251 g/mol. The highest BCUT2D eigenvalue weighted by molar-refractivity contribution is 6.30. The van der Waals surface area contributed by atoms with Crippen molar-refractivity contribution in [3.63, 3.8) is 0 Å². The Morgan fingerprint density at radius 1 is 1.00 bits per heavy atom. The van der Waals surface area contributed by atoms with E-state index in [9.17, 15) is 0 Å². The Kier molecular flexibility index (Phi) is 3.52. The SMILES string of the molecule is Cc1ccc(CCl)c(-c2ccc(Cl)cc2)c1. The van der Waals surface area contributed by atoms with Crippen molar-refractivity contribution in [2.75, 3.05) is 0 Å². The minimum Gasteiger partial charge on any atom is -0.122 e. The summed E-state index contributed by atoms with van der Waals surface area (Å²) in [6, 6.07) is 14.2. The molecule has 0 radical (unpaired) electrons. The Morgan fingerprint density at radius 3 is 2.31 bits per heavy atom. The van der Waals surface area contributed by atoms with E-state index in [1.54, 1.807) is 0 Å². The molecule has 82 valence electrons. The Labute approximate surface area is 106 Å². The van der Waals surface area contributed by atoms with Crippen LogP contribution in [0.2, 0.25) is 5.02 Å². The first kappa shape index (κ1) is 11.5. The van der Waals surface area contributed by atoms with Gasteiger partial charge in [0.15, 0.2) is 0 Å². The summed E-state index contributed by atoms with van der Waals surface area (Å²) < 4.78 is 0. The van der Waals surface area contributed by atoms with Crippen molar-refractivity contribution >= 4 is 23.2 Å². The van der Waals surface area contributed by atoms with E-state index in [4.69, 9.17) is 23.2 Å². The topological polar surface area (TPSA) is 0 Å². The van der Waals surface area contributed by atoms with Crippen LogP contribution < -0.4 is 0 Å². The Bertz CT molecular complexity index is 487. The molecule has 0 spiro atoms. The van der Waals surface area contributed by atoms with E-state index in [0.717, 1.165) is 16.1 Å². The molecule has 0 aromatic heterocycles. The van der Waals surface area contributed by atoms with E-state index in [1.807, 2.05) is 24.3 Å². The zero-order chi connectivity index (χ0) is 11.5. The first-order chi connectivity index (χ1) is 7.70. The monoisotopic (exact) mass is 250 g/mol. The van der Waals surface area contributed by atoms with Crippen LogP contribution in [0.1, 0.15) is 11.1 Å². The third kappa shape index (κ3) is 2.40. The van der Waals surface area contributed by atoms with Crippen LogP contribution in [0.4, 0.5) is 0 Å². The maximum atomic E-state index is 5.94. The van der Waals surface area contributed by atoms with E-state index >= 15 is 0 Å². The van der Waals surface area contributed by atoms with Gasteiger partial charge < -0.3 is 0 Å². The van der Waals surface area contributed by atoms with Gasteiger partial charge in [-0.1, -0.05) is 47.5 Å². The van der Waals surface area contributed by atoms with Crippen molar-refractivity contribution in [2.24, 2.45) is 0 Å². The molecule has 16 heavy (non-hydrogen) atoms. The summed E-state index contributed by atoms with van der Waals surface area (Å²) in [5.74, 6) is 0.526. The van der Waals surface area contributed by atoms with Crippen molar-refractivity contribution in [3.05, 3.63) is 58.6 Å². The van der Waals surface area contributed by atoms with Gasteiger partial charge in [0.2, 0.25) is 0 Å². The summed E-state index contributed by atoms with van der Waals surface area (Å²) in [6.45, 7) is 2.08. The van der Waals surface area contributed by atoms with E-state index in [1.165, 1.54) is 11.1 Å². The van der Waals surface area contributed by atoms with Crippen LogP contribution >= 0.6 is 23.2 Å². The number of aryl methyl sites for hydroxylation is 1. The fourth-order valence-corrected chi connectivity index (χ4v) is 2.06. The molecule has 0 saturated carbocycles. The Balaban J connectivity index is 2.53. The number of hydrogen-bond acceptors (Lipinski definition) is 0. The molecule has 0 fully saturated rings. The highest BCUT2D eigenvalue weighted by Crippen LogP contribution is 2.27. The van der Waals surface area contributed by atoms with Gasteiger partial charge in [0, 0.05) is 10.9 Å². The van der Waals surface area contributed by atoms with Gasteiger partial charge in [-0.05, 0) is 35.7 Å². The van der Waals surface area contributed by atoms with Crippen LogP contribution in [0.3, 0.4) is 0 Å². The lowest BCUT2D eigenvalue weighted by Crippen LogP contribution is -1.87. The summed E-state index contributed by atoms with van der Waals surface area (Å²) in [5.41, 5.74) is 4.73. The van der Waals surface area contributed by atoms with Gasteiger partial charge in [0.1, 0.15) is 0 Å². The molecule has 2 aromatic rings. The first-order valence-corrected chi connectivity index (χ1v) is 6.03. The summed E-state index contributed by atoms with van der Waals surface area (Å²) in [5, 5.41) is 0.754. The fourth-order valence-electron chi connectivity index (χ4n) is 1.71. The van der Waals surface area contributed by atoms with Crippen molar-refractivity contribution in [1.82, 2.24) is 0 Å². The van der Waals surface area contributed by atoms with Gasteiger partial charge in [-0.25, -0.2) is 0 Å². The predicted octanol–water partition coefficient (Wildman–Crippen LogP) is 5.05. The summed E-state index contributed by atoms with van der Waals surface area (Å²) in [6.07, 6.45) is 0. The summed E-state index contributed by atoms with van der Waals surface area (Å²) in [7, 11) is 0. The third-order valence-electron chi connectivity index (χ3n) is 2.56. The number of alkyl halides is 1. The highest BCUT2D eigenvalue weighted by atomic mass is 35.5. The van der Waals surface area contributed by atoms with Crippen molar-refractivity contribution < 1.29 is 0 Å². The third-order valence-corrected chi connectivity index (χ3v) is 3.10. The smallest absolute Gasteiger partial charge is 0.0480 e. The van der Waals surface area contributed by atoms with Crippen LogP contribution in [0.25, 0.3) is 11.1 Å². The first-order valence-electron chi connectivity index (χ1n) is 5.12. The second-order valence-electron chi connectivity index (χ2n) is 3.80. The van der Waals surface area contributed by atoms with Gasteiger partial charge in [-0.2, -0.15) is 0 Å². The molecule has 2 heteroatoms. The minimum atomic E-state index is 0.526. The van der Waals surface area contributed by atoms with E-state index in [-0.39, 0.29) is 0 Å². The normalized spacial score (nSPS) is 10.4. The molecule has 0 unspecified atom stereocenters. The van der Waals surface area contributed by atoms with Crippen LogP contribution in [-0.2, 0) is 5.88 Å². The maximum Gasteiger partial charge on any atom is 0.0480 e. The van der Waals surface area contributed by atoms with Gasteiger partial charge in [-0.15, -0.1) is 11.6 Å². The van der Waals surface area contributed by atoms with Gasteiger partial charge in [-0.3, -0.25) is 0 Å². The lowest BCUT2D eigenvalue weighted by Gasteiger charge is -2.08. The number of benzene rings is 2. The van der Waals surface area contributed by atoms with Crippen LogP contribution in [0.5, 0.6) is 0 Å². The molecule has 0 bridgehead atoms. The standard InChI is InChI=1S/C14H12Cl2/c1-10-2-3-12(9-15)14(8-10)11-4-6-13(16)7-5-11/h2-8H,9H2,1H3. The molecule has 0 heterocycles.